The van der Waals surface area contributed by atoms with Crippen LogP contribution in [0.3, 0.4) is 0 Å². The van der Waals surface area contributed by atoms with Crippen molar-refractivity contribution in [2.24, 2.45) is 0 Å². The van der Waals surface area contributed by atoms with E-state index < -0.39 is 0 Å². The minimum absolute atomic E-state index is 0. The third-order valence-corrected chi connectivity index (χ3v) is 1.56. The Morgan fingerprint density at radius 2 is 2.33 bits per heavy atom. The van der Waals surface area contributed by atoms with Gasteiger partial charge >= 0.3 is 23.1 Å². The normalized spacial score (nSPS) is 7.22. The molecular formula is C6H7BrMgS. The average molecular weight is 215 g/mol. The maximum atomic E-state index is 3.13. The Kier molecular flexibility index (Phi) is 9.89. The molecule has 0 spiro atoms. The molecule has 0 aliphatic heterocycles. The zero-order valence-corrected chi connectivity index (χ0v) is 9.17. The molecule has 0 aromatic carbocycles. The summed E-state index contributed by atoms with van der Waals surface area (Å²) in [6.07, 6.45) is 1.11. The van der Waals surface area contributed by atoms with Crippen molar-refractivity contribution < 1.29 is 17.0 Å². The van der Waals surface area contributed by atoms with Crippen LogP contribution in [0.25, 0.3) is 0 Å². The Labute approximate surface area is 86.6 Å². The van der Waals surface area contributed by atoms with Gasteiger partial charge in [-0.1, -0.05) is 13.3 Å². The summed E-state index contributed by atoms with van der Waals surface area (Å²) in [5, 5.41) is 5.18. The molecule has 1 aromatic rings. The molecule has 0 aliphatic rings. The number of thiophene rings is 1. The minimum atomic E-state index is 0. The van der Waals surface area contributed by atoms with E-state index in [1.54, 1.807) is 11.3 Å². The minimum Gasteiger partial charge on any atom is -1.00 e. The number of rotatable bonds is 1. The smallest absolute Gasteiger partial charge is 1.00 e. The van der Waals surface area contributed by atoms with Crippen molar-refractivity contribution in [2.45, 2.75) is 13.3 Å². The van der Waals surface area contributed by atoms with Crippen LogP contribution in [-0.4, -0.2) is 23.1 Å². The molecule has 0 bridgehead atoms. The number of halogens is 1. The molecule has 46 valence electrons. The van der Waals surface area contributed by atoms with Crippen molar-refractivity contribution in [1.29, 1.82) is 0 Å². The SMILES string of the molecule is CCc1[c-]scc1.[Br-].[Mg+2]. The Bertz CT molecular complexity index is 128. The van der Waals surface area contributed by atoms with Crippen LogP contribution in [0, 0.1) is 5.38 Å². The summed E-state index contributed by atoms with van der Waals surface area (Å²) < 4.78 is 0. The van der Waals surface area contributed by atoms with Gasteiger partial charge in [-0.3, -0.25) is 0 Å². The average Bonchev–Trinajstić information content (AvgIpc) is 2.14. The summed E-state index contributed by atoms with van der Waals surface area (Å²) in [7, 11) is 0. The first-order valence-corrected chi connectivity index (χ1v) is 3.25. The van der Waals surface area contributed by atoms with E-state index in [1.807, 2.05) is 0 Å². The van der Waals surface area contributed by atoms with E-state index in [2.05, 4.69) is 23.8 Å². The maximum absolute atomic E-state index is 3.13. The first-order chi connectivity index (χ1) is 3.43. The summed E-state index contributed by atoms with van der Waals surface area (Å²) >= 11 is 1.64. The largest absolute Gasteiger partial charge is 2.00 e. The Balaban J connectivity index is 0. The zero-order valence-electron chi connectivity index (χ0n) is 5.36. The second kappa shape index (κ2) is 7.06. The van der Waals surface area contributed by atoms with E-state index >= 15 is 0 Å². The molecular weight excluding hydrogens is 208 g/mol. The summed E-state index contributed by atoms with van der Waals surface area (Å²) in [4.78, 5) is 0. The third-order valence-electron chi connectivity index (χ3n) is 0.908. The van der Waals surface area contributed by atoms with E-state index in [0.29, 0.717) is 0 Å². The van der Waals surface area contributed by atoms with E-state index in [4.69, 9.17) is 0 Å². The predicted octanol–water partition coefficient (Wildman–Crippen LogP) is -1.27. The topological polar surface area (TPSA) is 0 Å². The van der Waals surface area contributed by atoms with Crippen molar-refractivity contribution in [3.8, 4) is 0 Å². The molecule has 0 atom stereocenters. The van der Waals surface area contributed by atoms with E-state index in [1.165, 1.54) is 5.56 Å². The quantitative estimate of drug-likeness (QED) is 0.405. The van der Waals surface area contributed by atoms with Gasteiger partial charge in [0.1, 0.15) is 0 Å². The number of aryl methyl sites for hydroxylation is 1. The molecule has 1 rings (SSSR count). The van der Waals surface area contributed by atoms with Crippen molar-refractivity contribution in [3.63, 3.8) is 0 Å². The van der Waals surface area contributed by atoms with Crippen LogP contribution in [0.15, 0.2) is 11.4 Å². The van der Waals surface area contributed by atoms with E-state index in [-0.39, 0.29) is 40.0 Å². The molecule has 0 fully saturated rings. The Morgan fingerprint density at radius 3 is 2.56 bits per heavy atom. The fraction of sp³-hybridized carbons (Fsp3) is 0.333. The van der Waals surface area contributed by atoms with Gasteiger partial charge in [0, 0.05) is 0 Å². The summed E-state index contributed by atoms with van der Waals surface area (Å²) in [5.74, 6) is 0. The van der Waals surface area contributed by atoms with Gasteiger partial charge in [-0.2, -0.15) is 10.9 Å². The molecule has 0 radical (unpaired) electrons. The third kappa shape index (κ3) is 4.36. The van der Waals surface area contributed by atoms with Gasteiger partial charge in [-0.25, -0.2) is 6.07 Å². The summed E-state index contributed by atoms with van der Waals surface area (Å²) in [6.45, 7) is 2.14. The molecule has 1 heterocycles. The van der Waals surface area contributed by atoms with Gasteiger partial charge in [0.2, 0.25) is 0 Å². The van der Waals surface area contributed by atoms with Crippen LogP contribution >= 0.6 is 11.3 Å². The number of hydrogen-bond acceptors (Lipinski definition) is 1. The summed E-state index contributed by atoms with van der Waals surface area (Å²) in [6, 6.07) is 2.10. The van der Waals surface area contributed by atoms with Gasteiger partial charge < -0.3 is 28.3 Å². The van der Waals surface area contributed by atoms with E-state index in [9.17, 15) is 0 Å². The molecule has 0 amide bonds. The fourth-order valence-electron chi connectivity index (χ4n) is 0.450. The first kappa shape index (κ1) is 12.6. The van der Waals surface area contributed by atoms with Crippen molar-refractivity contribution in [2.75, 3.05) is 0 Å². The summed E-state index contributed by atoms with van der Waals surface area (Å²) in [5.41, 5.74) is 1.32. The molecule has 0 nitrogen and oxygen atoms in total. The molecule has 0 unspecified atom stereocenters. The predicted molar refractivity (Wildman–Crippen MR) is 38.3 cm³/mol. The second-order valence-electron chi connectivity index (χ2n) is 1.40. The first-order valence-electron chi connectivity index (χ1n) is 2.37. The Morgan fingerprint density at radius 1 is 1.67 bits per heavy atom. The maximum Gasteiger partial charge on any atom is 2.00 e. The van der Waals surface area contributed by atoms with Crippen LogP contribution in [0.1, 0.15) is 12.5 Å². The van der Waals surface area contributed by atoms with Crippen LogP contribution in [-0.2, 0) is 6.42 Å². The van der Waals surface area contributed by atoms with Crippen LogP contribution in [0.5, 0.6) is 0 Å². The van der Waals surface area contributed by atoms with Crippen molar-refractivity contribution >= 4 is 34.4 Å². The molecule has 0 N–H and O–H groups in total. The molecule has 0 aliphatic carbocycles. The molecule has 1 aromatic heterocycles. The van der Waals surface area contributed by atoms with Gasteiger partial charge in [0.15, 0.2) is 0 Å². The van der Waals surface area contributed by atoms with Gasteiger partial charge in [-0.15, -0.1) is 5.38 Å². The van der Waals surface area contributed by atoms with Gasteiger partial charge in [-0.05, 0) is 0 Å². The molecule has 9 heavy (non-hydrogen) atoms. The number of hydrogen-bond donors (Lipinski definition) is 0. The molecule has 3 heteroatoms. The van der Waals surface area contributed by atoms with Gasteiger partial charge in [0.25, 0.3) is 0 Å². The van der Waals surface area contributed by atoms with E-state index in [0.717, 1.165) is 6.42 Å². The monoisotopic (exact) mass is 214 g/mol. The Hall–Kier alpha value is 0.946. The van der Waals surface area contributed by atoms with Crippen molar-refractivity contribution in [3.05, 3.63) is 22.4 Å². The molecule has 0 saturated heterocycles. The second-order valence-corrected chi connectivity index (χ2v) is 2.11. The van der Waals surface area contributed by atoms with Crippen LogP contribution in [0.4, 0.5) is 0 Å². The fourth-order valence-corrected chi connectivity index (χ4v) is 1.11. The van der Waals surface area contributed by atoms with Crippen LogP contribution in [0.2, 0.25) is 0 Å². The van der Waals surface area contributed by atoms with Crippen LogP contribution < -0.4 is 17.0 Å². The zero-order chi connectivity index (χ0) is 5.11. The standard InChI is InChI=1S/C6H7S.BrH.Mg/c1-2-6-3-4-7-5-6;;/h3-4H,2H2,1H3;1H;/q-1;;+2/p-1. The van der Waals surface area contributed by atoms with Gasteiger partial charge in [0.05, 0.1) is 0 Å². The molecule has 0 saturated carbocycles. The van der Waals surface area contributed by atoms with Crippen molar-refractivity contribution in [1.82, 2.24) is 0 Å².